The van der Waals surface area contributed by atoms with Crippen LogP contribution in [0.1, 0.15) is 53.5 Å². The van der Waals surface area contributed by atoms with Gasteiger partial charge in [-0.3, -0.25) is 4.79 Å². The third kappa shape index (κ3) is 5.60. The van der Waals surface area contributed by atoms with Gasteiger partial charge in [-0.1, -0.05) is 39.8 Å². The van der Waals surface area contributed by atoms with Gasteiger partial charge in [-0.15, -0.1) is 0 Å². The van der Waals surface area contributed by atoms with E-state index in [9.17, 15) is 13.2 Å². The van der Waals surface area contributed by atoms with Crippen molar-refractivity contribution in [1.29, 1.82) is 0 Å². The maximum absolute atomic E-state index is 12.4. The molecule has 1 N–H and O–H groups in total. The Bertz CT molecular complexity index is 646. The number of hydrogen-bond donors (Lipinski definition) is 1. The first kappa shape index (κ1) is 20.6. The molecule has 6 heteroatoms. The summed E-state index contributed by atoms with van der Waals surface area (Å²) in [5, 5.41) is 0. The van der Waals surface area contributed by atoms with E-state index in [1.54, 1.807) is 17.0 Å². The molecule has 0 aliphatic carbocycles. The largest absolute Gasteiger partial charge is 0.339 e. The molecule has 0 radical (unpaired) electrons. The van der Waals surface area contributed by atoms with Crippen LogP contribution in [0.2, 0.25) is 0 Å². The van der Waals surface area contributed by atoms with Crippen LogP contribution >= 0.6 is 0 Å². The van der Waals surface area contributed by atoms with E-state index in [2.05, 4.69) is 25.5 Å². The van der Waals surface area contributed by atoms with E-state index in [1.165, 1.54) is 6.92 Å². The van der Waals surface area contributed by atoms with E-state index in [4.69, 9.17) is 0 Å². The minimum absolute atomic E-state index is 0.0198. The van der Waals surface area contributed by atoms with Gasteiger partial charge in [0.25, 0.3) is 0 Å². The van der Waals surface area contributed by atoms with Gasteiger partial charge < -0.3 is 4.90 Å². The molecule has 5 nitrogen and oxygen atoms in total. The number of nitrogens with zero attached hydrogens (tertiary/aromatic N) is 1. The fourth-order valence-electron chi connectivity index (χ4n) is 2.43. The van der Waals surface area contributed by atoms with Crippen LogP contribution in [0.4, 0.5) is 0 Å². The summed E-state index contributed by atoms with van der Waals surface area (Å²) in [7, 11) is -3.56. The van der Waals surface area contributed by atoms with Crippen molar-refractivity contribution in [2.45, 2.75) is 64.3 Å². The van der Waals surface area contributed by atoms with Crippen LogP contribution in [0.15, 0.2) is 29.2 Å². The fourth-order valence-corrected chi connectivity index (χ4v) is 3.45. The Balaban J connectivity index is 2.75. The molecule has 0 aliphatic rings. The second-order valence-corrected chi connectivity index (χ2v) is 8.91. The van der Waals surface area contributed by atoms with E-state index in [0.717, 1.165) is 12.0 Å². The van der Waals surface area contributed by atoms with Crippen molar-refractivity contribution in [2.75, 3.05) is 13.1 Å². The number of carbonyl (C=O) groups excluding carboxylic acids is 1. The standard InChI is InChI=1S/C18H30N2O3S/c1-7-14(2)20(15(3)21)13-12-19-24(22,23)17-10-8-16(9-11-17)18(4,5)6/h8-11,14,19H,7,12-13H2,1-6H3. The third-order valence-corrected chi connectivity index (χ3v) is 5.68. The Kier molecular flexibility index (Phi) is 6.98. The second kappa shape index (κ2) is 8.12. The van der Waals surface area contributed by atoms with E-state index in [0.29, 0.717) is 6.54 Å². The van der Waals surface area contributed by atoms with Gasteiger partial charge >= 0.3 is 0 Å². The SMILES string of the molecule is CCC(C)N(CCNS(=O)(=O)c1ccc(C(C)(C)C)cc1)C(C)=O. The fraction of sp³-hybridized carbons (Fsp3) is 0.611. The monoisotopic (exact) mass is 354 g/mol. The summed E-state index contributed by atoms with van der Waals surface area (Å²) in [6.07, 6.45) is 0.834. The molecule has 1 aromatic rings. The summed E-state index contributed by atoms with van der Waals surface area (Å²) in [6.45, 7) is 12.3. The number of carbonyl (C=O) groups is 1. The topological polar surface area (TPSA) is 66.5 Å². The molecular formula is C18H30N2O3S. The molecule has 0 aromatic heterocycles. The van der Waals surface area contributed by atoms with Crippen LogP contribution in [-0.4, -0.2) is 38.4 Å². The highest BCUT2D eigenvalue weighted by molar-refractivity contribution is 7.89. The molecule has 0 saturated heterocycles. The molecule has 0 aliphatic heterocycles. The van der Waals surface area contributed by atoms with Crippen LogP contribution < -0.4 is 4.72 Å². The predicted molar refractivity (Wildman–Crippen MR) is 97.5 cm³/mol. The molecule has 0 spiro atoms. The third-order valence-electron chi connectivity index (χ3n) is 4.20. The summed E-state index contributed by atoms with van der Waals surface area (Å²) in [6, 6.07) is 7.03. The van der Waals surface area contributed by atoms with Gasteiger partial charge in [-0.2, -0.15) is 0 Å². The molecule has 0 heterocycles. The average Bonchev–Trinajstić information content (AvgIpc) is 2.49. The molecule has 1 amide bonds. The Morgan fingerprint density at radius 3 is 2.17 bits per heavy atom. The van der Waals surface area contributed by atoms with E-state index in [-0.39, 0.29) is 28.8 Å². The van der Waals surface area contributed by atoms with Crippen LogP contribution in [0.5, 0.6) is 0 Å². The van der Waals surface area contributed by atoms with Crippen molar-refractivity contribution in [3.8, 4) is 0 Å². The highest BCUT2D eigenvalue weighted by Gasteiger charge is 2.19. The zero-order chi connectivity index (χ0) is 18.5. The number of amides is 1. The van der Waals surface area contributed by atoms with Gasteiger partial charge in [0.2, 0.25) is 15.9 Å². The zero-order valence-electron chi connectivity index (χ0n) is 15.6. The van der Waals surface area contributed by atoms with E-state index < -0.39 is 10.0 Å². The lowest BCUT2D eigenvalue weighted by Gasteiger charge is -2.27. The minimum Gasteiger partial charge on any atom is -0.339 e. The highest BCUT2D eigenvalue weighted by Crippen LogP contribution is 2.23. The Hall–Kier alpha value is -1.40. The molecule has 1 unspecified atom stereocenters. The van der Waals surface area contributed by atoms with Gasteiger partial charge in [0.15, 0.2) is 0 Å². The smallest absolute Gasteiger partial charge is 0.240 e. The van der Waals surface area contributed by atoms with Crippen LogP contribution in [0.25, 0.3) is 0 Å². The van der Waals surface area contributed by atoms with Gasteiger partial charge in [0, 0.05) is 26.1 Å². The van der Waals surface area contributed by atoms with Crippen molar-refractivity contribution < 1.29 is 13.2 Å². The van der Waals surface area contributed by atoms with Gasteiger partial charge in [0.1, 0.15) is 0 Å². The summed E-state index contributed by atoms with van der Waals surface area (Å²) < 4.78 is 27.3. The number of hydrogen-bond acceptors (Lipinski definition) is 3. The van der Waals surface area contributed by atoms with Crippen molar-refractivity contribution >= 4 is 15.9 Å². The maximum atomic E-state index is 12.4. The van der Waals surface area contributed by atoms with Crippen LogP contribution in [-0.2, 0) is 20.2 Å². The maximum Gasteiger partial charge on any atom is 0.240 e. The first-order valence-electron chi connectivity index (χ1n) is 8.36. The normalized spacial score (nSPS) is 13.6. The Labute approximate surface area is 146 Å². The minimum atomic E-state index is -3.56. The lowest BCUT2D eigenvalue weighted by molar-refractivity contribution is -0.130. The molecular weight excluding hydrogens is 324 g/mol. The second-order valence-electron chi connectivity index (χ2n) is 7.14. The molecule has 1 aromatic carbocycles. The molecule has 1 rings (SSSR count). The molecule has 0 bridgehead atoms. The summed E-state index contributed by atoms with van der Waals surface area (Å²) in [4.78, 5) is 13.6. The molecule has 0 saturated carbocycles. The Morgan fingerprint density at radius 2 is 1.75 bits per heavy atom. The Morgan fingerprint density at radius 1 is 1.21 bits per heavy atom. The average molecular weight is 355 g/mol. The molecule has 1 atom stereocenters. The van der Waals surface area contributed by atoms with Crippen molar-refractivity contribution in [3.63, 3.8) is 0 Å². The van der Waals surface area contributed by atoms with Crippen molar-refractivity contribution in [1.82, 2.24) is 9.62 Å². The molecule has 0 fully saturated rings. The van der Waals surface area contributed by atoms with E-state index >= 15 is 0 Å². The predicted octanol–water partition coefficient (Wildman–Crippen LogP) is 2.91. The summed E-state index contributed by atoms with van der Waals surface area (Å²) >= 11 is 0. The zero-order valence-corrected chi connectivity index (χ0v) is 16.4. The first-order valence-corrected chi connectivity index (χ1v) is 9.84. The first-order chi connectivity index (χ1) is 11.0. The molecule has 24 heavy (non-hydrogen) atoms. The number of sulfonamides is 1. The van der Waals surface area contributed by atoms with Crippen LogP contribution in [0.3, 0.4) is 0 Å². The lowest BCUT2D eigenvalue weighted by atomic mass is 9.87. The van der Waals surface area contributed by atoms with Crippen molar-refractivity contribution in [2.24, 2.45) is 0 Å². The lowest BCUT2D eigenvalue weighted by Crippen LogP contribution is -2.42. The quantitative estimate of drug-likeness (QED) is 0.819. The van der Waals surface area contributed by atoms with E-state index in [1.807, 2.05) is 26.0 Å². The van der Waals surface area contributed by atoms with Crippen LogP contribution in [0, 0.1) is 0 Å². The number of benzene rings is 1. The number of nitrogens with one attached hydrogen (secondary N) is 1. The van der Waals surface area contributed by atoms with Gasteiger partial charge in [-0.05, 0) is 36.5 Å². The van der Waals surface area contributed by atoms with Crippen molar-refractivity contribution in [3.05, 3.63) is 29.8 Å². The van der Waals surface area contributed by atoms with Gasteiger partial charge in [0.05, 0.1) is 4.90 Å². The summed E-state index contributed by atoms with van der Waals surface area (Å²) in [5.41, 5.74) is 1.06. The molecule has 136 valence electrons. The number of rotatable bonds is 7. The summed E-state index contributed by atoms with van der Waals surface area (Å²) in [5.74, 6) is -0.0434. The highest BCUT2D eigenvalue weighted by atomic mass is 32.2. The van der Waals surface area contributed by atoms with Gasteiger partial charge in [-0.25, -0.2) is 13.1 Å².